The Morgan fingerprint density at radius 1 is 0.958 bits per heavy atom. The quantitative estimate of drug-likeness (QED) is 0.610. The van der Waals surface area contributed by atoms with E-state index in [4.69, 9.17) is 9.47 Å². The maximum absolute atomic E-state index is 13.1. The van der Waals surface area contributed by atoms with Crippen molar-refractivity contribution in [3.05, 3.63) is 71.3 Å². The zero-order valence-electron chi connectivity index (χ0n) is 13.8. The van der Waals surface area contributed by atoms with Crippen molar-refractivity contribution >= 4 is 5.97 Å². The molecule has 0 fully saturated rings. The topological polar surface area (TPSA) is 44.8 Å². The largest absolute Gasteiger partial charge is 0.461 e. The zero-order chi connectivity index (χ0) is 17.9. The molecule has 4 nitrogen and oxygen atoms in total. The van der Waals surface area contributed by atoms with Crippen LogP contribution in [-0.4, -0.2) is 20.2 Å². The first-order valence-corrected chi connectivity index (χ1v) is 7.16. The van der Waals surface area contributed by atoms with Gasteiger partial charge in [-0.25, -0.2) is 8.78 Å². The van der Waals surface area contributed by atoms with Crippen LogP contribution in [0.5, 0.6) is 0 Å². The van der Waals surface area contributed by atoms with Gasteiger partial charge in [0.2, 0.25) is 0 Å². The average molecular weight is 338 g/mol. The van der Waals surface area contributed by atoms with E-state index < -0.39 is 12.3 Å². The smallest absolute Gasteiger partial charge is 0.302 e. The van der Waals surface area contributed by atoms with Crippen molar-refractivity contribution < 1.29 is 27.8 Å². The number of hydrogen-bond donors (Lipinski definition) is 0. The fourth-order valence-corrected chi connectivity index (χ4v) is 1.81. The van der Waals surface area contributed by atoms with Gasteiger partial charge in [-0.3, -0.25) is 4.79 Å². The fraction of sp³-hybridized carbons (Fsp3) is 0.278. The van der Waals surface area contributed by atoms with Crippen molar-refractivity contribution in [2.24, 2.45) is 0 Å². The maximum atomic E-state index is 13.1. The highest BCUT2D eigenvalue weighted by molar-refractivity contribution is 5.65. The van der Waals surface area contributed by atoms with Gasteiger partial charge in [0.1, 0.15) is 18.2 Å². The van der Waals surface area contributed by atoms with E-state index in [-0.39, 0.29) is 18.2 Å². The Labute approximate surface area is 140 Å². The van der Waals surface area contributed by atoms with Gasteiger partial charge in [-0.05, 0) is 12.1 Å². The van der Waals surface area contributed by atoms with Crippen LogP contribution >= 0.6 is 0 Å². The molecule has 2 rings (SSSR count). The monoisotopic (exact) mass is 338 g/mol. The normalized spacial score (nSPS) is 10.1. The predicted octanol–water partition coefficient (Wildman–Crippen LogP) is 4.01. The van der Waals surface area contributed by atoms with Crippen molar-refractivity contribution in [2.75, 3.05) is 14.2 Å². The number of carbonyl (C=O) groups is 1. The lowest BCUT2D eigenvalue weighted by atomic mass is 10.2. The summed E-state index contributed by atoms with van der Waals surface area (Å²) in [4.78, 5) is 10.4. The molecule has 0 bridgehead atoms. The van der Waals surface area contributed by atoms with Gasteiger partial charge in [0.05, 0.1) is 0 Å². The summed E-state index contributed by atoms with van der Waals surface area (Å²) in [5.41, 5.74) is 0.815. The number of carbonyl (C=O) groups excluding carboxylic acids is 1. The summed E-state index contributed by atoms with van der Waals surface area (Å²) in [6.45, 7) is 1.29. The molecule has 24 heavy (non-hydrogen) atoms. The third-order valence-corrected chi connectivity index (χ3v) is 2.98. The van der Waals surface area contributed by atoms with E-state index in [9.17, 15) is 13.6 Å². The predicted molar refractivity (Wildman–Crippen MR) is 85.0 cm³/mol. The summed E-state index contributed by atoms with van der Waals surface area (Å²) in [5, 5.41) is 0. The van der Waals surface area contributed by atoms with Gasteiger partial charge in [-0.15, -0.1) is 0 Å². The molecule has 0 aliphatic rings. The van der Waals surface area contributed by atoms with Crippen LogP contribution in [-0.2, 0) is 25.6 Å². The van der Waals surface area contributed by atoms with Crippen LogP contribution in [0.2, 0.25) is 0 Å². The lowest BCUT2D eigenvalue weighted by Gasteiger charge is -2.13. The summed E-state index contributed by atoms with van der Waals surface area (Å²) >= 11 is 0. The molecular weight excluding hydrogens is 318 g/mol. The minimum absolute atomic E-state index is 0.00199. The number of esters is 1. The number of halogens is 2. The summed E-state index contributed by atoms with van der Waals surface area (Å²) < 4.78 is 40.3. The number of hydrogen-bond acceptors (Lipinski definition) is 4. The van der Waals surface area contributed by atoms with Gasteiger partial charge >= 0.3 is 5.97 Å². The number of rotatable bonds is 5. The van der Waals surface area contributed by atoms with E-state index in [1.807, 2.05) is 0 Å². The van der Waals surface area contributed by atoms with Crippen molar-refractivity contribution in [3.8, 4) is 0 Å². The van der Waals surface area contributed by atoms with Gasteiger partial charge in [-0.2, -0.15) is 0 Å². The highest BCUT2D eigenvalue weighted by atomic mass is 19.1. The molecule has 0 saturated heterocycles. The maximum Gasteiger partial charge on any atom is 0.302 e. The summed E-state index contributed by atoms with van der Waals surface area (Å²) in [7, 11) is 2.95. The molecule has 0 saturated carbocycles. The Kier molecular flexibility index (Phi) is 8.60. The third-order valence-electron chi connectivity index (χ3n) is 2.98. The molecule has 0 N–H and O–H groups in total. The minimum Gasteiger partial charge on any atom is -0.461 e. The molecule has 2 aromatic rings. The molecule has 0 heterocycles. The van der Waals surface area contributed by atoms with Crippen LogP contribution in [0.25, 0.3) is 0 Å². The van der Waals surface area contributed by atoms with E-state index in [0.717, 1.165) is 0 Å². The molecule has 0 aliphatic carbocycles. The molecule has 2 aromatic carbocycles. The molecule has 6 heteroatoms. The zero-order valence-corrected chi connectivity index (χ0v) is 13.8. The van der Waals surface area contributed by atoms with Gasteiger partial charge in [0.25, 0.3) is 0 Å². The molecule has 0 aliphatic heterocycles. The van der Waals surface area contributed by atoms with E-state index in [1.165, 1.54) is 33.3 Å². The molecule has 130 valence electrons. The minimum atomic E-state index is -0.619. The molecule has 0 amide bonds. The molecule has 0 atom stereocenters. The molecule has 0 spiro atoms. The second kappa shape index (κ2) is 10.5. The Bertz CT molecular complexity index is 642. The van der Waals surface area contributed by atoms with Gasteiger partial charge < -0.3 is 14.2 Å². The second-order valence-electron chi connectivity index (χ2n) is 4.70. The van der Waals surface area contributed by atoms with Gasteiger partial charge in [0.15, 0.2) is 6.29 Å². The number of methoxy groups -OCH3 is 2. The van der Waals surface area contributed by atoms with Crippen LogP contribution in [0.4, 0.5) is 8.78 Å². The molecule has 0 aromatic heterocycles. The highest BCUT2D eigenvalue weighted by Gasteiger charge is 2.12. The van der Waals surface area contributed by atoms with Crippen LogP contribution < -0.4 is 0 Å². The standard InChI is InChI=1S/C9H11FO2.C9H9FO2/c1-11-9(12-2)7-5-3-4-6-8(7)10;1-7(11)12-6-8-4-2-3-5-9(8)10/h3-6,9H,1-2H3;2-5H,6H2,1H3. The lowest BCUT2D eigenvalue weighted by molar-refractivity contribution is -0.142. The lowest BCUT2D eigenvalue weighted by Crippen LogP contribution is -2.05. The van der Waals surface area contributed by atoms with Crippen LogP contribution in [0.15, 0.2) is 48.5 Å². The Morgan fingerprint density at radius 3 is 2.00 bits per heavy atom. The first-order valence-electron chi connectivity index (χ1n) is 7.16. The van der Waals surface area contributed by atoms with Crippen LogP contribution in [0, 0.1) is 11.6 Å². The van der Waals surface area contributed by atoms with Crippen molar-refractivity contribution in [1.82, 2.24) is 0 Å². The fourth-order valence-electron chi connectivity index (χ4n) is 1.81. The summed E-state index contributed by atoms with van der Waals surface area (Å²) in [6, 6.07) is 12.6. The van der Waals surface area contributed by atoms with E-state index in [2.05, 4.69) is 4.74 Å². The van der Waals surface area contributed by atoms with Crippen molar-refractivity contribution in [2.45, 2.75) is 19.8 Å². The summed E-state index contributed by atoms with van der Waals surface area (Å²) in [5.74, 6) is -1.07. The van der Waals surface area contributed by atoms with Crippen LogP contribution in [0.1, 0.15) is 24.3 Å². The van der Waals surface area contributed by atoms with E-state index in [0.29, 0.717) is 11.1 Å². The summed E-state index contributed by atoms with van der Waals surface area (Å²) in [6.07, 6.45) is -0.619. The number of ether oxygens (including phenoxy) is 3. The highest BCUT2D eigenvalue weighted by Crippen LogP contribution is 2.19. The van der Waals surface area contributed by atoms with Gasteiger partial charge in [-0.1, -0.05) is 36.4 Å². The Morgan fingerprint density at radius 2 is 1.50 bits per heavy atom. The van der Waals surface area contributed by atoms with E-state index in [1.54, 1.807) is 36.4 Å². The molecule has 0 unspecified atom stereocenters. The molecule has 0 radical (unpaired) electrons. The third kappa shape index (κ3) is 6.44. The first kappa shape index (κ1) is 19.7. The Balaban J connectivity index is 0.000000240. The first-order chi connectivity index (χ1) is 11.5. The van der Waals surface area contributed by atoms with Crippen molar-refractivity contribution in [3.63, 3.8) is 0 Å². The van der Waals surface area contributed by atoms with Crippen molar-refractivity contribution in [1.29, 1.82) is 0 Å². The average Bonchev–Trinajstić information content (AvgIpc) is 2.57. The molecular formula is C18H20F2O4. The van der Waals surface area contributed by atoms with Crippen LogP contribution in [0.3, 0.4) is 0 Å². The van der Waals surface area contributed by atoms with Gasteiger partial charge in [0, 0.05) is 32.3 Å². The Hall–Kier alpha value is -2.31. The van der Waals surface area contributed by atoms with E-state index >= 15 is 0 Å². The second-order valence-corrected chi connectivity index (χ2v) is 4.70. The number of benzene rings is 2. The SMILES string of the molecule is CC(=O)OCc1ccccc1F.COC(OC)c1ccccc1F.